The molecule has 4 heteroatoms. The molecule has 2 aromatic rings. The van der Waals surface area contributed by atoms with E-state index in [4.69, 9.17) is 5.73 Å². The van der Waals surface area contributed by atoms with Gasteiger partial charge in [-0.2, -0.15) is 0 Å². The molecule has 2 rings (SSSR count). The predicted octanol–water partition coefficient (Wildman–Crippen LogP) is 1.41. The quantitative estimate of drug-likeness (QED) is 0.812. The molecule has 0 radical (unpaired) electrons. The number of carbonyl (C=O) groups excluding carboxylic acids is 1. The van der Waals surface area contributed by atoms with Gasteiger partial charge in [-0.1, -0.05) is 30.3 Å². The Morgan fingerprint density at radius 3 is 2.69 bits per heavy atom. The molecule has 0 atom stereocenters. The van der Waals surface area contributed by atoms with E-state index in [1.54, 1.807) is 0 Å². The third-order valence-corrected chi connectivity index (χ3v) is 2.37. The summed E-state index contributed by atoms with van der Waals surface area (Å²) in [5, 5.41) is 0. The van der Waals surface area contributed by atoms with E-state index in [-0.39, 0.29) is 12.3 Å². The summed E-state index contributed by atoms with van der Waals surface area (Å²) in [5.41, 5.74) is 7.75. The second kappa shape index (κ2) is 4.18. The van der Waals surface area contributed by atoms with Gasteiger partial charge in [0.1, 0.15) is 5.82 Å². The minimum Gasteiger partial charge on any atom is -0.369 e. The Hall–Kier alpha value is -2.10. The SMILES string of the molecule is Cc1[nH]c(-c2ccccc2)nc1CC(N)=O. The Balaban J connectivity index is 2.34. The van der Waals surface area contributed by atoms with Crippen molar-refractivity contribution in [3.05, 3.63) is 41.7 Å². The molecule has 1 aromatic carbocycles. The van der Waals surface area contributed by atoms with E-state index in [1.807, 2.05) is 37.3 Å². The van der Waals surface area contributed by atoms with Crippen LogP contribution in [0, 0.1) is 6.92 Å². The summed E-state index contributed by atoms with van der Waals surface area (Å²) in [6, 6.07) is 9.77. The number of primary amides is 1. The molecular weight excluding hydrogens is 202 g/mol. The number of carbonyl (C=O) groups is 1. The maximum absolute atomic E-state index is 10.8. The summed E-state index contributed by atoms with van der Waals surface area (Å²) in [7, 11) is 0. The summed E-state index contributed by atoms with van der Waals surface area (Å²) in [6.45, 7) is 1.89. The zero-order valence-electron chi connectivity index (χ0n) is 9.03. The van der Waals surface area contributed by atoms with Crippen LogP contribution in [0.5, 0.6) is 0 Å². The molecule has 0 unspecified atom stereocenters. The molecule has 82 valence electrons. The number of hydrogen-bond acceptors (Lipinski definition) is 2. The molecular formula is C12H13N3O. The standard InChI is InChI=1S/C12H13N3O/c1-8-10(7-11(13)16)15-12(14-8)9-5-3-2-4-6-9/h2-6H,7H2,1H3,(H2,13,16)(H,14,15). The largest absolute Gasteiger partial charge is 0.369 e. The Morgan fingerprint density at radius 2 is 2.06 bits per heavy atom. The summed E-state index contributed by atoms with van der Waals surface area (Å²) in [5.74, 6) is 0.406. The second-order valence-electron chi connectivity index (χ2n) is 3.67. The van der Waals surface area contributed by atoms with E-state index < -0.39 is 0 Å². The first-order valence-electron chi connectivity index (χ1n) is 5.06. The van der Waals surface area contributed by atoms with Gasteiger partial charge in [0, 0.05) is 11.3 Å². The van der Waals surface area contributed by atoms with Gasteiger partial charge in [0.25, 0.3) is 0 Å². The average molecular weight is 215 g/mol. The number of amides is 1. The normalized spacial score (nSPS) is 10.3. The molecule has 1 amide bonds. The number of rotatable bonds is 3. The van der Waals surface area contributed by atoms with Gasteiger partial charge in [0.15, 0.2) is 0 Å². The van der Waals surface area contributed by atoms with Crippen LogP contribution >= 0.6 is 0 Å². The van der Waals surface area contributed by atoms with Gasteiger partial charge in [0.2, 0.25) is 5.91 Å². The lowest BCUT2D eigenvalue weighted by Gasteiger charge is -1.94. The number of nitrogens with zero attached hydrogens (tertiary/aromatic N) is 1. The summed E-state index contributed by atoms with van der Waals surface area (Å²) in [4.78, 5) is 18.3. The minimum absolute atomic E-state index is 0.176. The van der Waals surface area contributed by atoms with Gasteiger partial charge >= 0.3 is 0 Å². The number of nitrogens with two attached hydrogens (primary N) is 1. The van der Waals surface area contributed by atoms with Crippen molar-refractivity contribution in [1.29, 1.82) is 0 Å². The van der Waals surface area contributed by atoms with Gasteiger partial charge in [-0.25, -0.2) is 4.98 Å². The van der Waals surface area contributed by atoms with Crippen LogP contribution in [0.2, 0.25) is 0 Å². The highest BCUT2D eigenvalue weighted by atomic mass is 16.1. The van der Waals surface area contributed by atoms with Crippen molar-refractivity contribution < 1.29 is 4.79 Å². The molecule has 0 saturated heterocycles. The molecule has 0 bridgehead atoms. The van der Waals surface area contributed by atoms with Crippen LogP contribution in [0.15, 0.2) is 30.3 Å². The van der Waals surface area contributed by atoms with Crippen molar-refractivity contribution in [3.8, 4) is 11.4 Å². The van der Waals surface area contributed by atoms with E-state index >= 15 is 0 Å². The third kappa shape index (κ3) is 2.11. The fourth-order valence-electron chi connectivity index (χ4n) is 1.57. The van der Waals surface area contributed by atoms with Crippen LogP contribution in [0.3, 0.4) is 0 Å². The van der Waals surface area contributed by atoms with Crippen molar-refractivity contribution in [3.63, 3.8) is 0 Å². The molecule has 0 spiro atoms. The predicted molar refractivity (Wildman–Crippen MR) is 61.7 cm³/mol. The molecule has 16 heavy (non-hydrogen) atoms. The molecule has 0 aliphatic heterocycles. The molecule has 1 aromatic heterocycles. The molecule has 0 aliphatic carbocycles. The highest BCUT2D eigenvalue weighted by molar-refractivity contribution is 5.76. The van der Waals surface area contributed by atoms with E-state index in [9.17, 15) is 4.79 Å². The van der Waals surface area contributed by atoms with Crippen molar-refractivity contribution in [2.75, 3.05) is 0 Å². The summed E-state index contributed by atoms with van der Waals surface area (Å²) < 4.78 is 0. The smallest absolute Gasteiger partial charge is 0.223 e. The number of benzene rings is 1. The Bertz CT molecular complexity index is 502. The molecule has 0 aliphatic rings. The number of H-pyrrole nitrogens is 1. The number of aryl methyl sites for hydroxylation is 1. The van der Waals surface area contributed by atoms with Gasteiger partial charge in [0.05, 0.1) is 12.1 Å². The van der Waals surface area contributed by atoms with Crippen LogP contribution in [0.1, 0.15) is 11.4 Å². The fourth-order valence-corrected chi connectivity index (χ4v) is 1.57. The zero-order valence-corrected chi connectivity index (χ0v) is 9.03. The Morgan fingerprint density at radius 1 is 1.38 bits per heavy atom. The Labute approximate surface area is 93.5 Å². The van der Waals surface area contributed by atoms with Crippen molar-refractivity contribution >= 4 is 5.91 Å². The maximum atomic E-state index is 10.8. The van der Waals surface area contributed by atoms with Gasteiger partial charge < -0.3 is 10.7 Å². The van der Waals surface area contributed by atoms with Crippen LogP contribution in [0.25, 0.3) is 11.4 Å². The van der Waals surface area contributed by atoms with Crippen LogP contribution < -0.4 is 5.73 Å². The second-order valence-corrected chi connectivity index (χ2v) is 3.67. The first-order chi connectivity index (χ1) is 7.66. The van der Waals surface area contributed by atoms with Gasteiger partial charge in [-0.3, -0.25) is 4.79 Å². The van der Waals surface area contributed by atoms with E-state index in [2.05, 4.69) is 9.97 Å². The van der Waals surface area contributed by atoms with Crippen LogP contribution in [-0.2, 0) is 11.2 Å². The fraction of sp³-hybridized carbons (Fsp3) is 0.167. The highest BCUT2D eigenvalue weighted by Gasteiger charge is 2.09. The zero-order chi connectivity index (χ0) is 11.5. The first-order valence-corrected chi connectivity index (χ1v) is 5.06. The van der Waals surface area contributed by atoms with E-state index in [0.29, 0.717) is 5.69 Å². The number of aromatic amines is 1. The lowest BCUT2D eigenvalue weighted by molar-refractivity contribution is -0.117. The molecule has 1 heterocycles. The lowest BCUT2D eigenvalue weighted by Crippen LogP contribution is -2.14. The maximum Gasteiger partial charge on any atom is 0.223 e. The number of imidazole rings is 1. The number of hydrogen-bond donors (Lipinski definition) is 2. The molecule has 4 nitrogen and oxygen atoms in total. The Kier molecular flexibility index (Phi) is 2.72. The molecule has 0 saturated carbocycles. The van der Waals surface area contributed by atoms with Crippen LogP contribution in [0.4, 0.5) is 0 Å². The molecule has 3 N–H and O–H groups in total. The molecule has 0 fully saturated rings. The number of aromatic nitrogens is 2. The number of nitrogens with one attached hydrogen (secondary N) is 1. The summed E-state index contributed by atoms with van der Waals surface area (Å²) in [6.07, 6.45) is 0.176. The highest BCUT2D eigenvalue weighted by Crippen LogP contribution is 2.17. The van der Waals surface area contributed by atoms with Crippen LogP contribution in [-0.4, -0.2) is 15.9 Å². The monoisotopic (exact) mass is 215 g/mol. The van der Waals surface area contributed by atoms with Gasteiger partial charge in [-0.05, 0) is 6.92 Å². The average Bonchev–Trinajstić information content (AvgIpc) is 2.61. The lowest BCUT2D eigenvalue weighted by atomic mass is 10.2. The first kappa shape index (κ1) is 10.4. The third-order valence-electron chi connectivity index (χ3n) is 2.37. The summed E-state index contributed by atoms with van der Waals surface area (Å²) >= 11 is 0. The van der Waals surface area contributed by atoms with Crippen molar-refractivity contribution in [2.24, 2.45) is 5.73 Å². The van der Waals surface area contributed by atoms with Gasteiger partial charge in [-0.15, -0.1) is 0 Å². The van der Waals surface area contributed by atoms with E-state index in [0.717, 1.165) is 17.1 Å². The van der Waals surface area contributed by atoms with Crippen molar-refractivity contribution in [2.45, 2.75) is 13.3 Å². The van der Waals surface area contributed by atoms with E-state index in [1.165, 1.54) is 0 Å². The topological polar surface area (TPSA) is 71.8 Å². The minimum atomic E-state index is -0.366. The van der Waals surface area contributed by atoms with Crippen molar-refractivity contribution in [1.82, 2.24) is 9.97 Å².